The van der Waals surface area contributed by atoms with Crippen LogP contribution in [0.25, 0.3) is 10.9 Å². The van der Waals surface area contributed by atoms with Gasteiger partial charge in [0.25, 0.3) is 0 Å². The van der Waals surface area contributed by atoms with Crippen molar-refractivity contribution < 1.29 is 4.74 Å². The molecule has 2 nitrogen and oxygen atoms in total. The highest BCUT2D eigenvalue weighted by Gasteiger charge is 1.95. The summed E-state index contributed by atoms with van der Waals surface area (Å²) in [5.41, 5.74) is 1.50. The lowest BCUT2D eigenvalue weighted by atomic mass is 10.2. The van der Waals surface area contributed by atoms with Crippen LogP contribution in [0.15, 0.2) is 36.5 Å². The average Bonchev–Trinajstić information content (AvgIpc) is 2.18. The Kier molecular flexibility index (Phi) is 2.45. The minimum absolute atomic E-state index is 0.513. The minimum atomic E-state index is 0.513. The molecule has 13 heavy (non-hydrogen) atoms. The summed E-state index contributed by atoms with van der Waals surface area (Å²) in [5, 5.41) is 1.10. The Bertz CT molecular complexity index is 416. The van der Waals surface area contributed by atoms with Gasteiger partial charge in [-0.2, -0.15) is 0 Å². The summed E-state index contributed by atoms with van der Waals surface area (Å²) < 4.78 is 5.30. The highest BCUT2D eigenvalue weighted by molar-refractivity contribution is 9.09. The number of benzene rings is 1. The summed E-state index contributed by atoms with van der Waals surface area (Å²) in [5.74, 6) is 0.859. The van der Waals surface area contributed by atoms with Gasteiger partial charge < -0.3 is 4.74 Å². The highest BCUT2D eigenvalue weighted by atomic mass is 79.9. The summed E-state index contributed by atoms with van der Waals surface area (Å²) in [6.07, 6.45) is 1.79. The summed E-state index contributed by atoms with van der Waals surface area (Å²) in [7, 11) is 0. The van der Waals surface area contributed by atoms with E-state index in [0.29, 0.717) is 5.52 Å². The van der Waals surface area contributed by atoms with Gasteiger partial charge in [0, 0.05) is 11.6 Å². The molecule has 0 bridgehead atoms. The van der Waals surface area contributed by atoms with Crippen LogP contribution in [0.1, 0.15) is 0 Å². The van der Waals surface area contributed by atoms with Crippen LogP contribution in [-0.2, 0) is 0 Å². The fourth-order valence-electron chi connectivity index (χ4n) is 1.21. The van der Waals surface area contributed by atoms with E-state index in [2.05, 4.69) is 20.9 Å². The van der Waals surface area contributed by atoms with E-state index in [1.807, 2.05) is 30.3 Å². The molecule has 0 radical (unpaired) electrons. The number of rotatable bonds is 2. The molecule has 0 saturated carbocycles. The predicted molar refractivity (Wildman–Crippen MR) is 56.2 cm³/mol. The lowest BCUT2D eigenvalue weighted by Crippen LogP contribution is -1.88. The molecule has 0 aliphatic carbocycles. The van der Waals surface area contributed by atoms with Gasteiger partial charge >= 0.3 is 0 Å². The van der Waals surface area contributed by atoms with Crippen molar-refractivity contribution in [3.63, 3.8) is 0 Å². The van der Waals surface area contributed by atoms with Gasteiger partial charge in [-0.05, 0) is 40.2 Å². The number of ether oxygens (including phenoxy) is 1. The van der Waals surface area contributed by atoms with Gasteiger partial charge in [-0.1, -0.05) is 6.07 Å². The second kappa shape index (κ2) is 3.75. The van der Waals surface area contributed by atoms with Gasteiger partial charge in [-0.15, -0.1) is 0 Å². The Morgan fingerprint density at radius 2 is 2.23 bits per heavy atom. The van der Waals surface area contributed by atoms with Gasteiger partial charge in [-0.3, -0.25) is 4.98 Å². The first-order chi connectivity index (χ1) is 6.40. The van der Waals surface area contributed by atoms with Crippen LogP contribution in [0, 0.1) is 0 Å². The first kappa shape index (κ1) is 8.51. The third-order valence-electron chi connectivity index (χ3n) is 1.80. The molecule has 0 amide bonds. The minimum Gasteiger partial charge on any atom is -0.482 e. The van der Waals surface area contributed by atoms with E-state index in [1.54, 1.807) is 6.20 Å². The Labute approximate surface area is 84.7 Å². The summed E-state index contributed by atoms with van der Waals surface area (Å²) in [4.78, 5) is 4.22. The number of hydrogen-bond acceptors (Lipinski definition) is 2. The maximum Gasteiger partial charge on any atom is 0.143 e. The van der Waals surface area contributed by atoms with Crippen molar-refractivity contribution >= 4 is 26.8 Å². The fraction of sp³-hybridized carbons (Fsp3) is 0.100. The van der Waals surface area contributed by atoms with E-state index < -0.39 is 0 Å². The predicted octanol–water partition coefficient (Wildman–Crippen LogP) is 2.97. The zero-order valence-electron chi connectivity index (χ0n) is 6.90. The smallest absolute Gasteiger partial charge is 0.143 e. The highest BCUT2D eigenvalue weighted by Crippen LogP contribution is 2.18. The average molecular weight is 238 g/mol. The number of nitrogens with zero attached hydrogens (tertiary/aromatic N) is 1. The quantitative estimate of drug-likeness (QED) is 0.750. The maximum absolute atomic E-state index is 5.30. The standard InChI is InChI=1S/C10H8BrNO/c11-7-13-9-3-4-10-8(6-9)2-1-5-12-10/h1-6H,7H2. The lowest BCUT2D eigenvalue weighted by molar-refractivity contribution is 0.398. The number of hydrogen-bond donors (Lipinski definition) is 0. The second-order valence-electron chi connectivity index (χ2n) is 2.61. The third kappa shape index (κ3) is 1.80. The zero-order valence-corrected chi connectivity index (χ0v) is 8.49. The maximum atomic E-state index is 5.30. The monoisotopic (exact) mass is 237 g/mol. The summed E-state index contributed by atoms with van der Waals surface area (Å²) >= 11 is 3.21. The Morgan fingerprint density at radius 3 is 3.08 bits per heavy atom. The molecule has 0 aliphatic heterocycles. The van der Waals surface area contributed by atoms with Gasteiger partial charge in [0.1, 0.15) is 11.3 Å². The SMILES string of the molecule is BrCOc1ccc2ncccc2c1. The molecular formula is C10H8BrNO. The van der Waals surface area contributed by atoms with Crippen LogP contribution in [0.5, 0.6) is 5.75 Å². The van der Waals surface area contributed by atoms with Crippen LogP contribution < -0.4 is 4.74 Å². The molecule has 66 valence electrons. The third-order valence-corrected chi connectivity index (χ3v) is 2.02. The Hall–Kier alpha value is -1.09. The molecule has 3 heteroatoms. The van der Waals surface area contributed by atoms with Gasteiger partial charge in [-0.25, -0.2) is 0 Å². The lowest BCUT2D eigenvalue weighted by Gasteiger charge is -2.02. The van der Waals surface area contributed by atoms with Crippen LogP contribution in [0.2, 0.25) is 0 Å². The fourth-order valence-corrected chi connectivity index (χ4v) is 1.47. The molecule has 1 aromatic carbocycles. The molecule has 1 aromatic heterocycles. The zero-order chi connectivity index (χ0) is 9.10. The first-order valence-corrected chi connectivity index (χ1v) is 5.06. The van der Waals surface area contributed by atoms with Gasteiger partial charge in [0.2, 0.25) is 0 Å². The topological polar surface area (TPSA) is 22.1 Å². The van der Waals surface area contributed by atoms with Crippen LogP contribution in [-0.4, -0.2) is 10.5 Å². The molecular weight excluding hydrogens is 230 g/mol. The largest absolute Gasteiger partial charge is 0.482 e. The summed E-state index contributed by atoms with van der Waals surface area (Å²) in [6.45, 7) is 0. The summed E-state index contributed by atoms with van der Waals surface area (Å²) in [6, 6.07) is 9.77. The number of aromatic nitrogens is 1. The van der Waals surface area contributed by atoms with Crippen LogP contribution in [0.3, 0.4) is 0 Å². The number of fused-ring (bicyclic) bond motifs is 1. The number of halogens is 1. The molecule has 0 spiro atoms. The molecule has 0 fully saturated rings. The Morgan fingerprint density at radius 1 is 1.31 bits per heavy atom. The molecule has 0 unspecified atom stereocenters. The van der Waals surface area contributed by atoms with Gasteiger partial charge in [0.05, 0.1) is 5.52 Å². The van der Waals surface area contributed by atoms with E-state index in [-0.39, 0.29) is 0 Å². The molecule has 2 aromatic rings. The van der Waals surface area contributed by atoms with Crippen molar-refractivity contribution in [1.82, 2.24) is 4.98 Å². The second-order valence-corrected chi connectivity index (χ2v) is 3.07. The van der Waals surface area contributed by atoms with E-state index >= 15 is 0 Å². The molecule has 1 heterocycles. The van der Waals surface area contributed by atoms with Crippen LogP contribution in [0.4, 0.5) is 0 Å². The van der Waals surface area contributed by atoms with Crippen molar-refractivity contribution in [2.24, 2.45) is 0 Å². The molecule has 0 aliphatic rings. The van der Waals surface area contributed by atoms with E-state index in [4.69, 9.17) is 4.74 Å². The number of alkyl halides is 1. The normalized spacial score (nSPS) is 10.2. The van der Waals surface area contributed by atoms with Crippen molar-refractivity contribution in [3.05, 3.63) is 36.5 Å². The van der Waals surface area contributed by atoms with E-state index in [1.165, 1.54) is 0 Å². The van der Waals surface area contributed by atoms with E-state index in [9.17, 15) is 0 Å². The van der Waals surface area contributed by atoms with E-state index in [0.717, 1.165) is 16.7 Å². The molecule has 0 N–H and O–H groups in total. The van der Waals surface area contributed by atoms with Crippen molar-refractivity contribution in [1.29, 1.82) is 0 Å². The van der Waals surface area contributed by atoms with Crippen molar-refractivity contribution in [2.75, 3.05) is 5.52 Å². The molecule has 2 rings (SSSR count). The Balaban J connectivity index is 2.49. The van der Waals surface area contributed by atoms with Crippen molar-refractivity contribution in [2.45, 2.75) is 0 Å². The van der Waals surface area contributed by atoms with Crippen LogP contribution >= 0.6 is 15.9 Å². The van der Waals surface area contributed by atoms with Gasteiger partial charge in [0.15, 0.2) is 0 Å². The first-order valence-electron chi connectivity index (χ1n) is 3.94. The number of pyridine rings is 1. The molecule has 0 atom stereocenters. The molecule has 0 saturated heterocycles. The van der Waals surface area contributed by atoms with Crippen molar-refractivity contribution in [3.8, 4) is 5.75 Å².